The van der Waals surface area contributed by atoms with Gasteiger partial charge in [-0.05, 0) is 59.3 Å². The van der Waals surface area contributed by atoms with Crippen molar-refractivity contribution in [3.63, 3.8) is 0 Å². The number of nitrogens with zero attached hydrogens (tertiary/aromatic N) is 1. The fourth-order valence-corrected chi connectivity index (χ4v) is 4.72. The van der Waals surface area contributed by atoms with Gasteiger partial charge in [-0.25, -0.2) is 0 Å². The van der Waals surface area contributed by atoms with Crippen LogP contribution in [0.5, 0.6) is 11.5 Å². The monoisotopic (exact) mass is 533 g/mol. The summed E-state index contributed by atoms with van der Waals surface area (Å²) in [5.41, 5.74) is 2.16. The number of imide groups is 1. The van der Waals surface area contributed by atoms with Crippen LogP contribution in [0.3, 0.4) is 0 Å². The molecule has 0 aliphatic carbocycles. The van der Waals surface area contributed by atoms with Crippen molar-refractivity contribution < 1.29 is 19.1 Å². The summed E-state index contributed by atoms with van der Waals surface area (Å²) in [5, 5.41) is 1.12. The molecule has 34 heavy (non-hydrogen) atoms. The first-order chi connectivity index (χ1) is 16.4. The standard InChI is InChI=1S/C25H18Cl3NO4S/c1-32-21-4-2-3-16(23(21)33-14-15-5-8-18(26)9-6-15)11-22-24(30)29(25(31)34-22)13-17-7-10-19(27)12-20(17)28/h2-12H,13-14H2,1H3/b22-11+. The van der Waals surface area contributed by atoms with Crippen LogP contribution in [0.2, 0.25) is 15.1 Å². The highest BCUT2D eigenvalue weighted by Crippen LogP contribution is 2.38. The number of hydrogen-bond acceptors (Lipinski definition) is 5. The normalized spacial score (nSPS) is 14.7. The summed E-state index contributed by atoms with van der Waals surface area (Å²) in [7, 11) is 1.54. The summed E-state index contributed by atoms with van der Waals surface area (Å²) >= 11 is 19.0. The van der Waals surface area contributed by atoms with Gasteiger partial charge in [0.25, 0.3) is 11.1 Å². The summed E-state index contributed by atoms with van der Waals surface area (Å²) in [6.07, 6.45) is 1.63. The summed E-state index contributed by atoms with van der Waals surface area (Å²) in [5.74, 6) is 0.565. The number of para-hydroxylation sites is 1. The molecule has 0 aromatic heterocycles. The van der Waals surface area contributed by atoms with Gasteiger partial charge in [-0.15, -0.1) is 0 Å². The van der Waals surface area contributed by atoms with Crippen molar-refractivity contribution in [1.29, 1.82) is 0 Å². The van der Waals surface area contributed by atoms with Crippen LogP contribution in [-0.4, -0.2) is 23.2 Å². The molecule has 0 saturated carbocycles. The van der Waals surface area contributed by atoms with Crippen LogP contribution in [0, 0.1) is 0 Å². The van der Waals surface area contributed by atoms with Gasteiger partial charge in [0.2, 0.25) is 0 Å². The number of hydrogen-bond donors (Lipinski definition) is 0. The third kappa shape index (κ3) is 5.53. The van der Waals surface area contributed by atoms with Crippen LogP contribution in [0.4, 0.5) is 4.79 Å². The van der Waals surface area contributed by atoms with Crippen molar-refractivity contribution in [2.24, 2.45) is 0 Å². The molecule has 4 rings (SSSR count). The molecule has 5 nitrogen and oxygen atoms in total. The molecule has 1 fully saturated rings. The molecular weight excluding hydrogens is 517 g/mol. The minimum Gasteiger partial charge on any atom is -0.493 e. The van der Waals surface area contributed by atoms with Crippen LogP contribution < -0.4 is 9.47 Å². The van der Waals surface area contributed by atoms with Crippen molar-refractivity contribution >= 4 is 63.8 Å². The highest BCUT2D eigenvalue weighted by Gasteiger charge is 2.35. The van der Waals surface area contributed by atoms with E-state index in [9.17, 15) is 9.59 Å². The number of carbonyl (C=O) groups is 2. The molecule has 3 aromatic carbocycles. The lowest BCUT2D eigenvalue weighted by molar-refractivity contribution is -0.123. The predicted octanol–water partition coefficient (Wildman–Crippen LogP) is 7.47. The Kier molecular flexibility index (Phi) is 7.73. The molecule has 0 N–H and O–H groups in total. The van der Waals surface area contributed by atoms with E-state index >= 15 is 0 Å². The lowest BCUT2D eigenvalue weighted by Crippen LogP contribution is -2.27. The lowest BCUT2D eigenvalue weighted by Gasteiger charge is -2.14. The molecule has 174 valence electrons. The first kappa shape index (κ1) is 24.5. The van der Waals surface area contributed by atoms with Crippen LogP contribution >= 0.6 is 46.6 Å². The van der Waals surface area contributed by atoms with Crippen molar-refractivity contribution in [1.82, 2.24) is 4.90 Å². The molecule has 0 unspecified atom stereocenters. The van der Waals surface area contributed by atoms with E-state index in [-0.39, 0.29) is 23.3 Å². The van der Waals surface area contributed by atoms with Gasteiger partial charge < -0.3 is 9.47 Å². The zero-order valence-corrected chi connectivity index (χ0v) is 21.0. The molecule has 9 heteroatoms. The van der Waals surface area contributed by atoms with E-state index in [1.165, 1.54) is 7.11 Å². The highest BCUT2D eigenvalue weighted by molar-refractivity contribution is 8.18. The third-order valence-corrected chi connectivity index (χ3v) is 6.78. The van der Waals surface area contributed by atoms with E-state index in [0.29, 0.717) is 37.7 Å². The van der Waals surface area contributed by atoms with Gasteiger partial charge in [0.15, 0.2) is 11.5 Å². The average Bonchev–Trinajstić information content (AvgIpc) is 3.08. The summed E-state index contributed by atoms with van der Waals surface area (Å²) < 4.78 is 11.5. The van der Waals surface area contributed by atoms with Gasteiger partial charge in [0.05, 0.1) is 18.6 Å². The highest BCUT2D eigenvalue weighted by atomic mass is 35.5. The Morgan fingerprint density at radius 2 is 1.71 bits per heavy atom. The fraction of sp³-hybridized carbons (Fsp3) is 0.120. The lowest BCUT2D eigenvalue weighted by atomic mass is 10.1. The molecule has 1 saturated heterocycles. The van der Waals surface area contributed by atoms with E-state index < -0.39 is 5.91 Å². The van der Waals surface area contributed by atoms with Gasteiger partial charge in [-0.3, -0.25) is 14.5 Å². The number of rotatable bonds is 7. The van der Waals surface area contributed by atoms with Crippen molar-refractivity contribution in [3.8, 4) is 11.5 Å². The molecule has 0 radical (unpaired) electrons. The van der Waals surface area contributed by atoms with Crippen molar-refractivity contribution in [3.05, 3.63) is 97.3 Å². The Morgan fingerprint density at radius 1 is 0.971 bits per heavy atom. The van der Waals surface area contributed by atoms with Crippen molar-refractivity contribution in [2.75, 3.05) is 7.11 Å². The molecule has 0 spiro atoms. The van der Waals surface area contributed by atoms with Crippen LogP contribution in [-0.2, 0) is 17.9 Å². The second kappa shape index (κ2) is 10.7. The Labute approximate surface area is 216 Å². The molecule has 1 aliphatic heterocycles. The first-order valence-electron chi connectivity index (χ1n) is 10.1. The molecule has 1 heterocycles. The smallest absolute Gasteiger partial charge is 0.293 e. The summed E-state index contributed by atoms with van der Waals surface area (Å²) in [6, 6.07) is 17.6. The van der Waals surface area contributed by atoms with Gasteiger partial charge >= 0.3 is 0 Å². The second-order valence-corrected chi connectivity index (χ2v) is 9.57. The Balaban J connectivity index is 1.58. The van der Waals surface area contributed by atoms with E-state index in [1.54, 1.807) is 54.6 Å². The van der Waals surface area contributed by atoms with Gasteiger partial charge in [0.1, 0.15) is 6.61 Å². The quantitative estimate of drug-likeness (QED) is 0.294. The van der Waals surface area contributed by atoms with E-state index in [2.05, 4.69) is 0 Å². The van der Waals surface area contributed by atoms with Crippen LogP contribution in [0.1, 0.15) is 16.7 Å². The van der Waals surface area contributed by atoms with Gasteiger partial charge in [0, 0.05) is 20.6 Å². The van der Waals surface area contributed by atoms with Crippen LogP contribution in [0.25, 0.3) is 6.08 Å². The Hall–Kier alpha value is -2.64. The average molecular weight is 535 g/mol. The molecule has 1 aliphatic rings. The molecule has 3 aromatic rings. The number of halogens is 3. The molecule has 0 bridgehead atoms. The topological polar surface area (TPSA) is 55.8 Å². The number of carbonyl (C=O) groups excluding carboxylic acids is 2. The Morgan fingerprint density at radius 3 is 2.41 bits per heavy atom. The van der Waals surface area contributed by atoms with E-state index in [0.717, 1.165) is 22.2 Å². The molecular formula is C25H18Cl3NO4S. The van der Waals surface area contributed by atoms with Gasteiger partial charge in [-0.2, -0.15) is 0 Å². The number of methoxy groups -OCH3 is 1. The van der Waals surface area contributed by atoms with E-state index in [4.69, 9.17) is 44.3 Å². The molecule has 2 amide bonds. The first-order valence-corrected chi connectivity index (χ1v) is 12.0. The zero-order valence-electron chi connectivity index (χ0n) is 17.9. The SMILES string of the molecule is COc1cccc(/C=C2/SC(=O)N(Cc3ccc(Cl)cc3Cl)C2=O)c1OCc1ccc(Cl)cc1. The maximum atomic E-state index is 13.0. The maximum absolute atomic E-state index is 13.0. The summed E-state index contributed by atoms with van der Waals surface area (Å²) in [4.78, 5) is 27.1. The predicted molar refractivity (Wildman–Crippen MR) is 137 cm³/mol. The Bertz CT molecular complexity index is 1280. The summed E-state index contributed by atoms with van der Waals surface area (Å²) in [6.45, 7) is 0.324. The second-order valence-electron chi connectivity index (χ2n) is 7.30. The minimum absolute atomic E-state index is 0.0516. The van der Waals surface area contributed by atoms with E-state index in [1.807, 2.05) is 12.1 Å². The largest absolute Gasteiger partial charge is 0.493 e. The molecule has 0 atom stereocenters. The third-order valence-electron chi connectivity index (χ3n) is 5.03. The zero-order chi connectivity index (χ0) is 24.2. The number of benzene rings is 3. The number of thioether (sulfide) groups is 1. The van der Waals surface area contributed by atoms with Crippen molar-refractivity contribution in [2.45, 2.75) is 13.2 Å². The maximum Gasteiger partial charge on any atom is 0.293 e. The van der Waals surface area contributed by atoms with Crippen LogP contribution in [0.15, 0.2) is 65.6 Å². The fourth-order valence-electron chi connectivity index (χ4n) is 3.30. The number of ether oxygens (including phenoxy) is 2. The van der Waals surface area contributed by atoms with Gasteiger partial charge in [-0.1, -0.05) is 65.1 Å². The minimum atomic E-state index is -0.410. The number of amides is 2.